The number of benzene rings is 2. The molecule has 3 aliphatic rings. The van der Waals surface area contributed by atoms with Crippen LogP contribution in [0.15, 0.2) is 53.3 Å². The molecule has 3 aliphatic carbocycles. The first-order valence-electron chi connectivity index (χ1n) is 13.7. The molecule has 1 fully saturated rings. The topological polar surface area (TPSA) is 177 Å². The van der Waals surface area contributed by atoms with Crippen molar-refractivity contribution in [3.05, 3.63) is 75.6 Å². The molecule has 4 atom stereocenters. The summed E-state index contributed by atoms with van der Waals surface area (Å²) in [5.74, 6) is -6.63. The third-order valence-corrected chi connectivity index (χ3v) is 8.75. The average molecular weight is 577 g/mol. The van der Waals surface area contributed by atoms with Gasteiger partial charge >= 0.3 is 0 Å². The number of aliphatic hydroxyl groups is 3. The fraction of sp³-hybridized carbons (Fsp3) is 0.387. The summed E-state index contributed by atoms with van der Waals surface area (Å²) in [4.78, 5) is 42.9. The number of ketones is 2. The number of aliphatic hydroxyl groups excluding tert-OH is 2. The number of primary amides is 1. The highest BCUT2D eigenvalue weighted by atomic mass is 16.3. The molecule has 0 aliphatic heterocycles. The van der Waals surface area contributed by atoms with Gasteiger partial charge in [-0.2, -0.15) is 0 Å². The van der Waals surface area contributed by atoms with Crippen molar-refractivity contribution in [2.45, 2.75) is 37.6 Å². The van der Waals surface area contributed by atoms with Gasteiger partial charge in [-0.3, -0.25) is 19.3 Å². The third-order valence-electron chi connectivity index (χ3n) is 8.75. The van der Waals surface area contributed by atoms with Gasteiger partial charge in [-0.05, 0) is 50.0 Å². The summed E-state index contributed by atoms with van der Waals surface area (Å²) in [5.41, 5.74) is 4.71. The van der Waals surface area contributed by atoms with Crippen LogP contribution < -0.4 is 16.0 Å². The predicted octanol–water partition coefficient (Wildman–Crippen LogP) is 1.32. The summed E-state index contributed by atoms with van der Waals surface area (Å²) in [6, 6.07) is 10.4. The minimum absolute atomic E-state index is 0.0414. The summed E-state index contributed by atoms with van der Waals surface area (Å²) in [7, 11) is 6.82. The Kier molecular flexibility index (Phi) is 7.38. The lowest BCUT2D eigenvalue weighted by Crippen LogP contribution is -2.65. The second-order valence-corrected chi connectivity index (χ2v) is 11.7. The molecular weight excluding hydrogens is 540 g/mol. The van der Waals surface area contributed by atoms with Gasteiger partial charge in [0.05, 0.1) is 11.6 Å². The molecule has 42 heavy (non-hydrogen) atoms. The van der Waals surface area contributed by atoms with Crippen molar-refractivity contribution in [3.8, 4) is 5.75 Å². The number of hydrogen-bond acceptors (Lipinski definition) is 10. The maximum absolute atomic E-state index is 14.1. The van der Waals surface area contributed by atoms with Crippen LogP contribution in [0.1, 0.15) is 28.7 Å². The Morgan fingerprint density at radius 3 is 2.33 bits per heavy atom. The van der Waals surface area contributed by atoms with Crippen molar-refractivity contribution in [3.63, 3.8) is 0 Å². The van der Waals surface area contributed by atoms with Crippen LogP contribution in [0, 0.1) is 11.8 Å². The number of hydrogen-bond donors (Lipinski definition) is 6. The van der Waals surface area contributed by atoms with Crippen molar-refractivity contribution < 1.29 is 34.8 Å². The van der Waals surface area contributed by atoms with Gasteiger partial charge in [0.15, 0.2) is 11.4 Å². The van der Waals surface area contributed by atoms with Gasteiger partial charge in [0.25, 0.3) is 5.91 Å². The van der Waals surface area contributed by atoms with E-state index in [-0.39, 0.29) is 36.3 Å². The number of rotatable bonds is 7. The van der Waals surface area contributed by atoms with E-state index in [1.807, 2.05) is 55.4 Å². The molecule has 5 rings (SSSR count). The van der Waals surface area contributed by atoms with Crippen LogP contribution in [0.5, 0.6) is 5.75 Å². The lowest BCUT2D eigenvalue weighted by Gasteiger charge is -2.50. The highest BCUT2D eigenvalue weighted by molar-refractivity contribution is 6.24. The number of nitrogens with zero attached hydrogens (tertiary/aromatic N) is 2. The Hall–Kier alpha value is -4.19. The maximum atomic E-state index is 14.1. The number of nitrogens with one attached hydrogen (secondary N) is 1. The Morgan fingerprint density at radius 2 is 1.74 bits per heavy atom. The second-order valence-electron chi connectivity index (χ2n) is 11.7. The van der Waals surface area contributed by atoms with Gasteiger partial charge in [0.2, 0.25) is 5.78 Å². The van der Waals surface area contributed by atoms with E-state index < -0.39 is 58.0 Å². The highest BCUT2D eigenvalue weighted by Gasteiger charge is 2.64. The molecule has 11 nitrogen and oxygen atoms in total. The van der Waals surface area contributed by atoms with Crippen LogP contribution in [0.3, 0.4) is 0 Å². The molecule has 1 saturated carbocycles. The molecule has 0 aromatic heterocycles. The van der Waals surface area contributed by atoms with Gasteiger partial charge in [0, 0.05) is 49.9 Å². The first-order valence-corrected chi connectivity index (χ1v) is 13.7. The van der Waals surface area contributed by atoms with Crippen molar-refractivity contribution in [2.24, 2.45) is 17.6 Å². The smallest absolute Gasteiger partial charge is 0.255 e. The predicted molar refractivity (Wildman–Crippen MR) is 156 cm³/mol. The van der Waals surface area contributed by atoms with Gasteiger partial charge in [0.1, 0.15) is 22.8 Å². The summed E-state index contributed by atoms with van der Waals surface area (Å²) in [5, 5.41) is 49.1. The largest absolute Gasteiger partial charge is 0.508 e. The Balaban J connectivity index is 1.63. The Bertz CT molecular complexity index is 1550. The van der Waals surface area contributed by atoms with E-state index in [0.717, 1.165) is 11.3 Å². The van der Waals surface area contributed by atoms with E-state index in [0.29, 0.717) is 17.7 Å². The molecule has 0 bridgehead atoms. The van der Waals surface area contributed by atoms with Gasteiger partial charge in [-0.1, -0.05) is 30.3 Å². The molecule has 0 saturated heterocycles. The molecular formula is C31H36N4O7. The summed E-state index contributed by atoms with van der Waals surface area (Å²) in [6.07, 6.45) is 0.271. The van der Waals surface area contributed by atoms with E-state index in [4.69, 9.17) is 5.73 Å². The lowest BCUT2D eigenvalue weighted by atomic mass is 9.57. The molecule has 1 amide bonds. The number of amides is 1. The number of carbonyl (C=O) groups excluding carboxylic acids is 3. The molecule has 0 spiro atoms. The summed E-state index contributed by atoms with van der Waals surface area (Å²) >= 11 is 0. The zero-order chi connectivity index (χ0) is 30.7. The Labute approximate surface area is 243 Å². The Morgan fingerprint density at radius 1 is 1.07 bits per heavy atom. The molecule has 2 aromatic rings. The van der Waals surface area contributed by atoms with Gasteiger partial charge in [-0.15, -0.1) is 0 Å². The molecule has 11 heteroatoms. The molecule has 0 heterocycles. The number of fused-ring (bicyclic) bond motifs is 3. The van der Waals surface area contributed by atoms with E-state index in [2.05, 4.69) is 5.32 Å². The third kappa shape index (κ3) is 4.36. The summed E-state index contributed by atoms with van der Waals surface area (Å²) < 4.78 is 0. The van der Waals surface area contributed by atoms with E-state index in [1.54, 1.807) is 14.1 Å². The lowest BCUT2D eigenvalue weighted by molar-refractivity contribution is -0.153. The van der Waals surface area contributed by atoms with Crippen molar-refractivity contribution in [1.82, 2.24) is 10.2 Å². The van der Waals surface area contributed by atoms with Crippen molar-refractivity contribution in [1.29, 1.82) is 0 Å². The first kappa shape index (κ1) is 29.3. The fourth-order valence-corrected chi connectivity index (χ4v) is 6.82. The standard InChI is InChI=1S/C31H36N4O7/c1-34(2)20-12-17(14-33-13-15-8-6-5-7-9-15)25(36)22-18(20)10-16-11-19-24(35(3)4)27(38)23(30(32)41)29(40)31(19,42)28(39)21(16)26(22)37/h5-9,12,16,19,24,33,36-37,40,42H,10-11,13-14H2,1-4H3,(H2,32,41)/t16-,19-,24+,31-/m0/s1. The molecule has 222 valence electrons. The SMILES string of the molecule is CN(C)c1cc(CNCc2ccccc2)c(O)c2c1C[C@H]1C[C@H]3[C@@H](N(C)C)C(=O)C(C(N)=O)=C(O)[C@@]3(O)C(=O)C1=C2O. The van der Waals surface area contributed by atoms with E-state index >= 15 is 0 Å². The minimum Gasteiger partial charge on any atom is -0.508 e. The zero-order valence-electron chi connectivity index (χ0n) is 24.0. The van der Waals surface area contributed by atoms with Crippen LogP contribution in [0.2, 0.25) is 0 Å². The van der Waals surface area contributed by atoms with Crippen LogP contribution in [0.4, 0.5) is 5.69 Å². The van der Waals surface area contributed by atoms with Gasteiger partial charge in [-0.25, -0.2) is 0 Å². The van der Waals surface area contributed by atoms with Crippen LogP contribution in [-0.2, 0) is 33.9 Å². The molecule has 7 N–H and O–H groups in total. The highest BCUT2D eigenvalue weighted by Crippen LogP contribution is 2.54. The van der Waals surface area contributed by atoms with Crippen LogP contribution in [0.25, 0.3) is 5.76 Å². The number of nitrogens with two attached hydrogens (primary N) is 1. The number of carbonyl (C=O) groups is 3. The number of phenols is 1. The number of likely N-dealkylation sites (N-methyl/N-ethyl adjacent to an activating group) is 1. The number of phenolic OH excluding ortho intramolecular Hbond substituents is 1. The minimum atomic E-state index is -2.67. The average Bonchev–Trinajstić information content (AvgIpc) is 2.92. The second kappa shape index (κ2) is 10.6. The zero-order valence-corrected chi connectivity index (χ0v) is 24.0. The fourth-order valence-electron chi connectivity index (χ4n) is 6.82. The van der Waals surface area contributed by atoms with E-state index in [1.165, 1.54) is 4.90 Å². The van der Waals surface area contributed by atoms with Crippen molar-refractivity contribution in [2.75, 3.05) is 33.1 Å². The summed E-state index contributed by atoms with van der Waals surface area (Å²) in [6.45, 7) is 0.801. The van der Waals surface area contributed by atoms with Crippen LogP contribution >= 0.6 is 0 Å². The van der Waals surface area contributed by atoms with Crippen molar-refractivity contribution >= 4 is 28.9 Å². The number of Topliss-reactive ketones (excluding diaryl/α,β-unsaturated/α-hetero) is 2. The maximum Gasteiger partial charge on any atom is 0.255 e. The molecule has 0 radical (unpaired) electrons. The normalized spacial score (nSPS) is 25.3. The molecule has 0 unspecified atom stereocenters. The van der Waals surface area contributed by atoms with E-state index in [9.17, 15) is 34.8 Å². The first-order chi connectivity index (χ1) is 19.8. The monoisotopic (exact) mass is 576 g/mol. The number of aromatic hydroxyl groups is 1. The number of anilines is 1. The van der Waals surface area contributed by atoms with Gasteiger partial charge < -0.3 is 36.4 Å². The van der Waals surface area contributed by atoms with Crippen LogP contribution in [-0.4, -0.2) is 82.6 Å². The molecule has 2 aromatic carbocycles. The quantitative estimate of drug-likeness (QED) is 0.264.